The van der Waals surface area contributed by atoms with Crippen molar-refractivity contribution in [2.75, 3.05) is 18.8 Å². The summed E-state index contributed by atoms with van der Waals surface area (Å²) >= 11 is 3.30. The van der Waals surface area contributed by atoms with Crippen LogP contribution in [0.4, 0.5) is 0 Å². The molecule has 1 aromatic carbocycles. The van der Waals surface area contributed by atoms with Gasteiger partial charge in [0.25, 0.3) is 5.91 Å². The molecule has 0 radical (unpaired) electrons. The van der Waals surface area contributed by atoms with Gasteiger partial charge in [-0.2, -0.15) is 0 Å². The lowest BCUT2D eigenvalue weighted by Gasteiger charge is -2.12. The Hall–Kier alpha value is -1.93. The third kappa shape index (κ3) is 4.24. The molecule has 8 heteroatoms. The van der Waals surface area contributed by atoms with Gasteiger partial charge in [0.05, 0.1) is 6.54 Å². The van der Waals surface area contributed by atoms with Crippen molar-refractivity contribution < 1.29 is 18.7 Å². The third-order valence-electron chi connectivity index (χ3n) is 3.79. The number of hydrogen-bond donors (Lipinski definition) is 1. The van der Waals surface area contributed by atoms with Crippen LogP contribution in [0.3, 0.4) is 0 Å². The number of esters is 1. The molecule has 1 aliphatic rings. The molecule has 0 saturated carbocycles. The number of rotatable bonds is 6. The number of amides is 1. The van der Waals surface area contributed by atoms with E-state index in [2.05, 4.69) is 10.3 Å². The number of carbonyl (C=O) groups is 2. The van der Waals surface area contributed by atoms with Gasteiger partial charge in [-0.15, -0.1) is 0 Å². The van der Waals surface area contributed by atoms with Crippen molar-refractivity contribution in [1.29, 1.82) is 0 Å². The summed E-state index contributed by atoms with van der Waals surface area (Å²) in [7, 11) is 0. The molecule has 1 aliphatic heterocycles. The zero-order valence-corrected chi connectivity index (χ0v) is 16.2. The Morgan fingerprint density at radius 1 is 1.42 bits per heavy atom. The van der Waals surface area contributed by atoms with Gasteiger partial charge in [0, 0.05) is 29.0 Å². The predicted molar refractivity (Wildman–Crippen MR) is 106 cm³/mol. The normalized spacial score (nSPS) is 14.9. The molecule has 6 nitrogen and oxygen atoms in total. The van der Waals surface area contributed by atoms with Gasteiger partial charge in [-0.3, -0.25) is 9.79 Å². The maximum absolute atomic E-state index is 12.6. The second-order valence-corrected chi connectivity index (χ2v) is 7.94. The summed E-state index contributed by atoms with van der Waals surface area (Å²) in [4.78, 5) is 28.9. The number of para-hydroxylation sites is 1. The summed E-state index contributed by atoms with van der Waals surface area (Å²) in [6.07, 6.45) is -0.883. The molecule has 0 saturated heterocycles. The minimum Gasteiger partial charge on any atom is -0.449 e. The Labute approximate surface area is 160 Å². The van der Waals surface area contributed by atoms with Crippen molar-refractivity contribution in [2.45, 2.75) is 25.7 Å². The van der Waals surface area contributed by atoms with E-state index in [0.29, 0.717) is 17.9 Å². The fourth-order valence-electron chi connectivity index (χ4n) is 2.53. The van der Waals surface area contributed by atoms with Crippen LogP contribution in [0.25, 0.3) is 11.0 Å². The first kappa shape index (κ1) is 18.8. The summed E-state index contributed by atoms with van der Waals surface area (Å²) in [5.74, 6) is 0.746. The van der Waals surface area contributed by atoms with Gasteiger partial charge in [-0.1, -0.05) is 41.7 Å². The fourth-order valence-corrected chi connectivity index (χ4v) is 4.57. The Morgan fingerprint density at radius 2 is 2.23 bits per heavy atom. The molecule has 0 unspecified atom stereocenters. The van der Waals surface area contributed by atoms with Crippen LogP contribution in [0, 0.1) is 0 Å². The highest BCUT2D eigenvalue weighted by atomic mass is 32.2. The van der Waals surface area contributed by atoms with Gasteiger partial charge in [0.15, 0.2) is 6.10 Å². The molecule has 0 aliphatic carbocycles. The average Bonchev–Trinajstić information content (AvgIpc) is 3.27. The molecule has 1 aromatic heterocycles. The Bertz CT molecular complexity index is 847. The first-order valence-electron chi connectivity index (χ1n) is 8.39. The number of furan rings is 1. The van der Waals surface area contributed by atoms with Gasteiger partial charge in [0.2, 0.25) is 5.76 Å². The highest BCUT2D eigenvalue weighted by Gasteiger charge is 2.26. The van der Waals surface area contributed by atoms with Gasteiger partial charge in [-0.25, -0.2) is 4.79 Å². The fraction of sp³-hybridized carbons (Fsp3) is 0.389. The lowest BCUT2D eigenvalue weighted by atomic mass is 10.1. The monoisotopic (exact) mass is 392 g/mol. The van der Waals surface area contributed by atoms with Crippen LogP contribution < -0.4 is 5.32 Å². The number of ether oxygens (including phenoxy) is 1. The smallest absolute Gasteiger partial charge is 0.375 e. The standard InChI is InChI=1S/C18H20N2O4S2/c1-3-19-16(21)11(2)23-17(22)15-13(10-26-18-20-8-9-25-18)12-6-4-5-7-14(12)24-15/h4-7,11H,3,8-10H2,1-2H3,(H,19,21)/t11-/m0/s1. The number of fused-ring (bicyclic) bond motifs is 1. The number of hydrogen-bond acceptors (Lipinski definition) is 7. The van der Waals surface area contributed by atoms with Gasteiger partial charge in [0.1, 0.15) is 9.96 Å². The van der Waals surface area contributed by atoms with Gasteiger partial charge in [-0.05, 0) is 19.9 Å². The lowest BCUT2D eigenvalue weighted by molar-refractivity contribution is -0.129. The summed E-state index contributed by atoms with van der Waals surface area (Å²) in [6.45, 7) is 4.67. The van der Waals surface area contributed by atoms with Crippen LogP contribution >= 0.6 is 23.5 Å². The number of nitrogens with zero attached hydrogens (tertiary/aromatic N) is 1. The molecule has 26 heavy (non-hydrogen) atoms. The number of thioether (sulfide) groups is 2. The van der Waals surface area contributed by atoms with Crippen molar-refractivity contribution in [2.24, 2.45) is 4.99 Å². The second-order valence-electron chi connectivity index (χ2n) is 5.63. The van der Waals surface area contributed by atoms with E-state index < -0.39 is 12.1 Å². The quantitative estimate of drug-likeness (QED) is 0.759. The minimum absolute atomic E-state index is 0.151. The maximum Gasteiger partial charge on any atom is 0.375 e. The Morgan fingerprint density at radius 3 is 2.96 bits per heavy atom. The number of carbonyl (C=O) groups excluding carboxylic acids is 2. The van der Waals surface area contributed by atoms with Gasteiger partial charge >= 0.3 is 5.97 Å². The van der Waals surface area contributed by atoms with E-state index in [-0.39, 0.29) is 11.7 Å². The van der Waals surface area contributed by atoms with Crippen molar-refractivity contribution >= 4 is 50.7 Å². The summed E-state index contributed by atoms with van der Waals surface area (Å²) in [5, 5.41) is 3.51. The van der Waals surface area contributed by atoms with Crippen LogP contribution in [0.2, 0.25) is 0 Å². The van der Waals surface area contributed by atoms with E-state index in [9.17, 15) is 9.59 Å². The SMILES string of the molecule is CCNC(=O)[C@H](C)OC(=O)c1oc2ccccc2c1CSC1=NCCS1. The molecule has 0 spiro atoms. The van der Waals surface area contributed by atoms with Crippen LogP contribution in [-0.2, 0) is 15.3 Å². The Kier molecular flexibility index (Phi) is 6.26. The van der Waals surface area contributed by atoms with Crippen LogP contribution in [0.15, 0.2) is 33.7 Å². The molecule has 1 N–H and O–H groups in total. The molecule has 138 valence electrons. The van der Waals surface area contributed by atoms with E-state index in [4.69, 9.17) is 9.15 Å². The number of nitrogens with one attached hydrogen (secondary N) is 1. The number of aliphatic imine (C=N–C) groups is 1. The highest BCUT2D eigenvalue weighted by Crippen LogP contribution is 2.33. The van der Waals surface area contributed by atoms with E-state index in [0.717, 1.165) is 27.6 Å². The van der Waals surface area contributed by atoms with E-state index in [1.165, 1.54) is 0 Å². The largest absolute Gasteiger partial charge is 0.449 e. The molecular formula is C18H20N2O4S2. The zero-order chi connectivity index (χ0) is 18.5. The third-order valence-corrected chi connectivity index (χ3v) is 6.06. The topological polar surface area (TPSA) is 80.9 Å². The van der Waals surface area contributed by atoms with Crippen molar-refractivity contribution in [3.63, 3.8) is 0 Å². The molecule has 1 atom stereocenters. The second kappa shape index (κ2) is 8.64. The summed E-state index contributed by atoms with van der Waals surface area (Å²) in [6, 6.07) is 7.49. The highest BCUT2D eigenvalue weighted by molar-refractivity contribution is 8.38. The molecular weight excluding hydrogens is 372 g/mol. The van der Waals surface area contributed by atoms with E-state index in [1.54, 1.807) is 30.4 Å². The first-order valence-corrected chi connectivity index (χ1v) is 10.4. The summed E-state index contributed by atoms with van der Waals surface area (Å²) in [5.41, 5.74) is 1.40. The first-order chi connectivity index (χ1) is 12.6. The lowest BCUT2D eigenvalue weighted by Crippen LogP contribution is -2.35. The van der Waals surface area contributed by atoms with Crippen LogP contribution in [0.1, 0.15) is 30.0 Å². The molecule has 0 fully saturated rings. The minimum atomic E-state index is -0.883. The molecule has 2 aromatic rings. The van der Waals surface area contributed by atoms with Crippen LogP contribution in [0.5, 0.6) is 0 Å². The summed E-state index contributed by atoms with van der Waals surface area (Å²) < 4.78 is 12.1. The van der Waals surface area contributed by atoms with Crippen molar-refractivity contribution in [3.8, 4) is 0 Å². The molecule has 3 rings (SSSR count). The maximum atomic E-state index is 12.6. The number of benzene rings is 1. The number of likely N-dealkylation sites (N-methyl/N-ethyl adjacent to an activating group) is 1. The molecule has 0 bridgehead atoms. The zero-order valence-electron chi connectivity index (χ0n) is 14.6. The van der Waals surface area contributed by atoms with Gasteiger partial charge < -0.3 is 14.5 Å². The average molecular weight is 393 g/mol. The molecule has 1 amide bonds. The van der Waals surface area contributed by atoms with E-state index in [1.807, 2.05) is 31.2 Å². The molecule has 2 heterocycles. The van der Waals surface area contributed by atoms with Crippen molar-refractivity contribution in [3.05, 3.63) is 35.6 Å². The van der Waals surface area contributed by atoms with Crippen molar-refractivity contribution in [1.82, 2.24) is 5.32 Å². The predicted octanol–water partition coefficient (Wildman–Crippen LogP) is 3.45. The van der Waals surface area contributed by atoms with E-state index >= 15 is 0 Å². The van der Waals surface area contributed by atoms with Crippen LogP contribution in [-0.4, -0.2) is 41.2 Å². The Balaban J connectivity index is 1.82.